The van der Waals surface area contributed by atoms with Crippen LogP contribution in [0.25, 0.3) is 0 Å². The molecule has 106 valence electrons. The summed E-state index contributed by atoms with van der Waals surface area (Å²) in [6.07, 6.45) is 1.29. The molecule has 0 spiro atoms. The van der Waals surface area contributed by atoms with Crippen LogP contribution in [0.5, 0.6) is 5.75 Å². The van der Waals surface area contributed by atoms with Crippen LogP contribution in [0, 0.1) is 6.92 Å². The molecule has 2 rings (SSSR count). The number of carbonyl (C=O) groups is 1. The number of amides is 1. The molecule has 1 heterocycles. The maximum Gasteiger partial charge on any atom is 0.229 e. The van der Waals surface area contributed by atoms with Gasteiger partial charge in [0, 0.05) is 0 Å². The highest BCUT2D eigenvalue weighted by atomic mass is 32.1. The number of hydrogen-bond donors (Lipinski definition) is 1. The molecule has 0 atom stereocenters. The Kier molecular flexibility index (Phi) is 5.06. The van der Waals surface area contributed by atoms with Gasteiger partial charge in [0.15, 0.2) is 0 Å². The SMILES string of the molecule is CCc1ccc(OCCC(=O)Nc2nnc(C)s2)cc1. The van der Waals surface area contributed by atoms with E-state index in [0.717, 1.165) is 17.2 Å². The number of anilines is 1. The van der Waals surface area contributed by atoms with Crippen molar-refractivity contribution in [2.75, 3.05) is 11.9 Å². The molecule has 1 N–H and O–H groups in total. The van der Waals surface area contributed by atoms with Gasteiger partial charge in [-0.05, 0) is 31.0 Å². The van der Waals surface area contributed by atoms with E-state index in [2.05, 4.69) is 22.4 Å². The Labute approximate surface area is 122 Å². The van der Waals surface area contributed by atoms with Crippen molar-refractivity contribution in [3.8, 4) is 5.75 Å². The summed E-state index contributed by atoms with van der Waals surface area (Å²) in [6, 6.07) is 7.90. The van der Waals surface area contributed by atoms with E-state index in [-0.39, 0.29) is 12.3 Å². The van der Waals surface area contributed by atoms with E-state index < -0.39 is 0 Å². The Balaban J connectivity index is 1.73. The summed E-state index contributed by atoms with van der Waals surface area (Å²) in [5.74, 6) is 0.660. The minimum Gasteiger partial charge on any atom is -0.493 e. The number of aryl methyl sites for hydroxylation is 2. The second-order valence-electron chi connectivity index (χ2n) is 4.27. The Morgan fingerprint density at radius 1 is 1.30 bits per heavy atom. The molecule has 0 aliphatic carbocycles. The molecular formula is C14H17N3O2S. The number of benzene rings is 1. The highest BCUT2D eigenvalue weighted by Gasteiger charge is 2.06. The molecule has 0 unspecified atom stereocenters. The number of carbonyl (C=O) groups excluding carboxylic acids is 1. The van der Waals surface area contributed by atoms with Gasteiger partial charge in [0.1, 0.15) is 10.8 Å². The zero-order valence-electron chi connectivity index (χ0n) is 11.5. The number of rotatable bonds is 6. The second-order valence-corrected chi connectivity index (χ2v) is 5.45. The van der Waals surface area contributed by atoms with Gasteiger partial charge in [-0.2, -0.15) is 0 Å². The standard InChI is InChI=1S/C14H17N3O2S/c1-3-11-4-6-12(7-5-11)19-9-8-13(18)15-14-17-16-10(2)20-14/h4-7H,3,8-9H2,1-2H3,(H,15,17,18). The molecule has 1 amide bonds. The average Bonchev–Trinajstić information content (AvgIpc) is 2.85. The third kappa shape index (κ3) is 4.31. The van der Waals surface area contributed by atoms with Gasteiger partial charge in [-0.15, -0.1) is 10.2 Å². The number of nitrogens with zero attached hydrogens (tertiary/aromatic N) is 2. The van der Waals surface area contributed by atoms with Gasteiger partial charge < -0.3 is 10.1 Å². The molecule has 2 aromatic rings. The zero-order valence-corrected chi connectivity index (χ0v) is 12.4. The van der Waals surface area contributed by atoms with Gasteiger partial charge >= 0.3 is 0 Å². The first kappa shape index (κ1) is 14.5. The third-order valence-corrected chi connectivity index (χ3v) is 3.46. The molecule has 1 aromatic heterocycles. The highest BCUT2D eigenvalue weighted by Crippen LogP contribution is 2.15. The van der Waals surface area contributed by atoms with Crippen LogP contribution < -0.4 is 10.1 Å². The fraction of sp³-hybridized carbons (Fsp3) is 0.357. The molecule has 20 heavy (non-hydrogen) atoms. The number of nitrogens with one attached hydrogen (secondary N) is 1. The summed E-state index contributed by atoms with van der Waals surface area (Å²) in [7, 11) is 0. The van der Waals surface area contributed by atoms with Gasteiger partial charge in [-0.3, -0.25) is 4.79 Å². The molecule has 0 radical (unpaired) electrons. The fourth-order valence-corrected chi connectivity index (χ4v) is 2.22. The van der Waals surface area contributed by atoms with E-state index in [4.69, 9.17) is 4.74 Å². The molecule has 0 fully saturated rings. The molecule has 0 aliphatic rings. The van der Waals surface area contributed by atoms with Gasteiger partial charge in [0.2, 0.25) is 11.0 Å². The lowest BCUT2D eigenvalue weighted by Gasteiger charge is -2.06. The van der Waals surface area contributed by atoms with Crippen LogP contribution >= 0.6 is 11.3 Å². The van der Waals surface area contributed by atoms with Crippen LogP contribution in [0.2, 0.25) is 0 Å². The predicted octanol–water partition coefficient (Wildman–Crippen LogP) is 2.82. The number of aromatic nitrogens is 2. The van der Waals surface area contributed by atoms with Crippen molar-refractivity contribution in [1.82, 2.24) is 10.2 Å². The van der Waals surface area contributed by atoms with Crippen molar-refractivity contribution >= 4 is 22.4 Å². The first-order chi connectivity index (χ1) is 9.67. The Bertz CT molecular complexity index is 566. The van der Waals surface area contributed by atoms with Crippen LogP contribution in [0.4, 0.5) is 5.13 Å². The summed E-state index contributed by atoms with van der Waals surface area (Å²) in [4.78, 5) is 11.7. The zero-order chi connectivity index (χ0) is 14.4. The van der Waals surface area contributed by atoms with Crippen molar-refractivity contribution in [2.45, 2.75) is 26.7 Å². The van der Waals surface area contributed by atoms with E-state index >= 15 is 0 Å². The minimum atomic E-state index is -0.119. The summed E-state index contributed by atoms with van der Waals surface area (Å²) >= 11 is 1.36. The largest absolute Gasteiger partial charge is 0.493 e. The summed E-state index contributed by atoms with van der Waals surface area (Å²) in [6.45, 7) is 4.29. The van der Waals surface area contributed by atoms with Gasteiger partial charge in [-0.1, -0.05) is 30.4 Å². The quantitative estimate of drug-likeness (QED) is 0.889. The molecular weight excluding hydrogens is 274 g/mol. The average molecular weight is 291 g/mol. The smallest absolute Gasteiger partial charge is 0.229 e. The molecule has 0 aliphatic heterocycles. The first-order valence-corrected chi connectivity index (χ1v) is 7.30. The molecule has 0 saturated heterocycles. The van der Waals surface area contributed by atoms with Gasteiger partial charge in [0.05, 0.1) is 13.0 Å². The lowest BCUT2D eigenvalue weighted by Crippen LogP contribution is -2.15. The molecule has 6 heteroatoms. The van der Waals surface area contributed by atoms with Gasteiger partial charge in [0.25, 0.3) is 0 Å². The van der Waals surface area contributed by atoms with Crippen LogP contribution in [-0.2, 0) is 11.2 Å². The van der Waals surface area contributed by atoms with Crippen molar-refractivity contribution in [3.63, 3.8) is 0 Å². The Hall–Kier alpha value is -1.95. The monoisotopic (exact) mass is 291 g/mol. The van der Waals surface area contributed by atoms with Crippen LogP contribution in [0.3, 0.4) is 0 Å². The summed E-state index contributed by atoms with van der Waals surface area (Å²) < 4.78 is 5.53. The molecule has 0 bridgehead atoms. The molecule has 1 aromatic carbocycles. The Morgan fingerprint density at radius 3 is 2.65 bits per heavy atom. The van der Waals surface area contributed by atoms with Crippen LogP contribution in [-0.4, -0.2) is 22.7 Å². The van der Waals surface area contributed by atoms with Crippen molar-refractivity contribution in [1.29, 1.82) is 0 Å². The normalized spacial score (nSPS) is 10.3. The minimum absolute atomic E-state index is 0.119. The van der Waals surface area contributed by atoms with Crippen molar-refractivity contribution in [2.24, 2.45) is 0 Å². The lowest BCUT2D eigenvalue weighted by molar-refractivity contribution is -0.116. The lowest BCUT2D eigenvalue weighted by atomic mass is 10.2. The third-order valence-electron chi connectivity index (χ3n) is 2.70. The van der Waals surface area contributed by atoms with Crippen molar-refractivity contribution < 1.29 is 9.53 Å². The van der Waals surface area contributed by atoms with E-state index in [1.54, 1.807) is 0 Å². The molecule has 5 nitrogen and oxygen atoms in total. The fourth-order valence-electron chi connectivity index (χ4n) is 1.61. The van der Waals surface area contributed by atoms with Crippen molar-refractivity contribution in [3.05, 3.63) is 34.8 Å². The maximum atomic E-state index is 11.7. The number of ether oxygens (including phenoxy) is 1. The Morgan fingerprint density at radius 2 is 2.05 bits per heavy atom. The van der Waals surface area contributed by atoms with E-state index in [1.807, 2.05) is 31.2 Å². The first-order valence-electron chi connectivity index (χ1n) is 6.49. The summed E-state index contributed by atoms with van der Waals surface area (Å²) in [5, 5.41) is 11.7. The van der Waals surface area contributed by atoms with E-state index in [0.29, 0.717) is 11.7 Å². The molecule has 0 saturated carbocycles. The maximum absolute atomic E-state index is 11.7. The van der Waals surface area contributed by atoms with Crippen LogP contribution in [0.1, 0.15) is 23.9 Å². The number of hydrogen-bond acceptors (Lipinski definition) is 5. The highest BCUT2D eigenvalue weighted by molar-refractivity contribution is 7.15. The van der Waals surface area contributed by atoms with E-state index in [9.17, 15) is 4.79 Å². The van der Waals surface area contributed by atoms with Gasteiger partial charge in [-0.25, -0.2) is 0 Å². The second kappa shape index (κ2) is 7.00. The summed E-state index contributed by atoms with van der Waals surface area (Å²) in [5.41, 5.74) is 1.27. The van der Waals surface area contributed by atoms with Crippen LogP contribution in [0.15, 0.2) is 24.3 Å². The van der Waals surface area contributed by atoms with E-state index in [1.165, 1.54) is 16.9 Å². The predicted molar refractivity (Wildman–Crippen MR) is 79.2 cm³/mol. The topological polar surface area (TPSA) is 64.1 Å².